The van der Waals surface area contributed by atoms with E-state index in [1.54, 1.807) is 0 Å². The van der Waals surface area contributed by atoms with E-state index < -0.39 is 0 Å². The molecule has 1 amide bonds. The van der Waals surface area contributed by atoms with Crippen molar-refractivity contribution in [2.75, 3.05) is 5.73 Å². The van der Waals surface area contributed by atoms with Crippen LogP contribution >= 0.6 is 11.3 Å². The van der Waals surface area contributed by atoms with Gasteiger partial charge in [0.05, 0.1) is 11.8 Å². The summed E-state index contributed by atoms with van der Waals surface area (Å²) in [7, 11) is 0. The van der Waals surface area contributed by atoms with Gasteiger partial charge in [0.1, 0.15) is 0 Å². The van der Waals surface area contributed by atoms with E-state index in [-0.39, 0.29) is 18.1 Å². The minimum Gasteiger partial charge on any atom is -0.393 e. The fourth-order valence-corrected chi connectivity index (χ4v) is 3.72. The zero-order valence-corrected chi connectivity index (χ0v) is 14.3. The maximum absolute atomic E-state index is 12.3. The fourth-order valence-electron chi connectivity index (χ4n) is 3.12. The maximum atomic E-state index is 12.3. The highest BCUT2D eigenvalue weighted by Crippen LogP contribution is 2.31. The number of benzene rings is 1. The molecule has 0 saturated heterocycles. The minimum absolute atomic E-state index is 0.0314. The summed E-state index contributed by atoms with van der Waals surface area (Å²) in [6.07, 6.45) is 3.12. The number of aliphatic hydroxyl groups is 1. The molecule has 1 fully saturated rings. The summed E-state index contributed by atoms with van der Waals surface area (Å²) in [6.45, 7) is 0. The van der Waals surface area contributed by atoms with Gasteiger partial charge in [-0.25, -0.2) is 4.98 Å². The summed E-state index contributed by atoms with van der Waals surface area (Å²) in [4.78, 5) is 16.5. The lowest BCUT2D eigenvalue weighted by Crippen LogP contribution is -2.48. The highest BCUT2D eigenvalue weighted by atomic mass is 32.1. The number of aryl methyl sites for hydroxylation is 1. The van der Waals surface area contributed by atoms with Crippen molar-refractivity contribution >= 4 is 22.4 Å². The molecule has 0 bridgehead atoms. The quantitative estimate of drug-likeness (QED) is 0.717. The first-order chi connectivity index (χ1) is 11.6. The number of thiazole rings is 1. The van der Waals surface area contributed by atoms with E-state index in [1.165, 1.54) is 16.9 Å². The van der Waals surface area contributed by atoms with Crippen LogP contribution in [-0.2, 0) is 17.6 Å². The lowest BCUT2D eigenvalue weighted by Gasteiger charge is -2.38. The predicted molar refractivity (Wildman–Crippen MR) is 95.7 cm³/mol. The van der Waals surface area contributed by atoms with E-state index in [1.807, 2.05) is 23.6 Å². The molecule has 1 saturated carbocycles. The number of anilines is 1. The van der Waals surface area contributed by atoms with Gasteiger partial charge >= 0.3 is 0 Å². The minimum atomic E-state index is -0.219. The van der Waals surface area contributed by atoms with Gasteiger partial charge in [0.25, 0.3) is 0 Å². The van der Waals surface area contributed by atoms with Crippen molar-refractivity contribution in [1.29, 1.82) is 0 Å². The molecule has 1 aliphatic carbocycles. The number of hydrogen-bond donors (Lipinski definition) is 3. The van der Waals surface area contributed by atoms with Crippen LogP contribution in [0.3, 0.4) is 0 Å². The molecular weight excluding hydrogens is 322 g/mol. The molecule has 24 heavy (non-hydrogen) atoms. The number of nitrogens with one attached hydrogen (secondary N) is 1. The molecule has 0 radical (unpaired) electrons. The van der Waals surface area contributed by atoms with Gasteiger partial charge in [0.2, 0.25) is 5.91 Å². The average Bonchev–Trinajstić information content (AvgIpc) is 2.96. The second kappa shape index (κ2) is 7.77. The molecule has 6 heteroatoms. The molecule has 128 valence electrons. The van der Waals surface area contributed by atoms with Crippen molar-refractivity contribution in [3.63, 3.8) is 0 Å². The van der Waals surface area contributed by atoms with Crippen molar-refractivity contribution in [3.8, 4) is 0 Å². The van der Waals surface area contributed by atoms with E-state index in [9.17, 15) is 9.90 Å². The van der Waals surface area contributed by atoms with Crippen molar-refractivity contribution < 1.29 is 9.90 Å². The number of nitrogens with zero attached hydrogens (tertiary/aromatic N) is 1. The van der Waals surface area contributed by atoms with Gasteiger partial charge < -0.3 is 16.2 Å². The molecule has 4 N–H and O–H groups in total. The van der Waals surface area contributed by atoms with Crippen LogP contribution in [0.15, 0.2) is 35.7 Å². The number of rotatable bonds is 7. The number of carbonyl (C=O) groups excluding carboxylic acids is 1. The third-order valence-corrected chi connectivity index (χ3v) is 5.26. The molecule has 0 unspecified atom stereocenters. The SMILES string of the molecule is Nc1nc(CCC(=O)N[C@@H](Cc2ccccc2)C2CC(O)C2)cs1. The Morgan fingerprint density at radius 2 is 2.12 bits per heavy atom. The summed E-state index contributed by atoms with van der Waals surface area (Å²) in [6, 6.07) is 10.2. The van der Waals surface area contributed by atoms with Gasteiger partial charge in [-0.3, -0.25) is 4.79 Å². The number of aliphatic hydroxyl groups excluding tert-OH is 1. The Balaban J connectivity index is 1.55. The third-order valence-electron chi connectivity index (χ3n) is 4.54. The van der Waals surface area contributed by atoms with E-state index in [0.717, 1.165) is 25.0 Å². The molecule has 1 aromatic heterocycles. The summed E-state index contributed by atoms with van der Waals surface area (Å²) >= 11 is 1.40. The molecule has 0 spiro atoms. The lowest BCUT2D eigenvalue weighted by molar-refractivity contribution is -0.122. The van der Waals surface area contributed by atoms with Gasteiger partial charge in [0, 0.05) is 17.8 Å². The normalized spacial score (nSPS) is 21.0. The third kappa shape index (κ3) is 4.55. The first kappa shape index (κ1) is 16.9. The molecule has 1 aliphatic rings. The zero-order valence-electron chi connectivity index (χ0n) is 13.5. The first-order valence-corrected chi connectivity index (χ1v) is 9.19. The molecule has 1 heterocycles. The largest absolute Gasteiger partial charge is 0.393 e. The molecule has 1 atom stereocenters. The first-order valence-electron chi connectivity index (χ1n) is 8.31. The summed E-state index contributed by atoms with van der Waals surface area (Å²) < 4.78 is 0. The summed E-state index contributed by atoms with van der Waals surface area (Å²) in [5.74, 6) is 0.378. The molecule has 1 aromatic carbocycles. The topological polar surface area (TPSA) is 88.2 Å². The Bertz CT molecular complexity index is 668. The van der Waals surface area contributed by atoms with E-state index in [2.05, 4.69) is 22.4 Å². The van der Waals surface area contributed by atoms with Gasteiger partial charge in [-0.1, -0.05) is 30.3 Å². The van der Waals surface area contributed by atoms with Crippen LogP contribution in [-0.4, -0.2) is 28.1 Å². The van der Waals surface area contributed by atoms with Crippen LogP contribution in [0, 0.1) is 5.92 Å². The van der Waals surface area contributed by atoms with Gasteiger partial charge in [-0.15, -0.1) is 11.3 Å². The number of aromatic nitrogens is 1. The van der Waals surface area contributed by atoms with Crippen LogP contribution in [0.2, 0.25) is 0 Å². The second-order valence-electron chi connectivity index (χ2n) is 6.43. The highest BCUT2D eigenvalue weighted by molar-refractivity contribution is 7.13. The van der Waals surface area contributed by atoms with Gasteiger partial charge in [0.15, 0.2) is 5.13 Å². The maximum Gasteiger partial charge on any atom is 0.220 e. The Labute approximate surface area is 145 Å². The molecular formula is C18H23N3O2S. The second-order valence-corrected chi connectivity index (χ2v) is 7.32. The lowest BCUT2D eigenvalue weighted by atomic mass is 9.75. The highest BCUT2D eigenvalue weighted by Gasteiger charge is 2.34. The summed E-state index contributed by atoms with van der Waals surface area (Å²) in [5, 5.41) is 15.2. The summed E-state index contributed by atoms with van der Waals surface area (Å²) in [5.41, 5.74) is 7.69. The molecule has 5 nitrogen and oxygen atoms in total. The van der Waals surface area contributed by atoms with Crippen molar-refractivity contribution in [3.05, 3.63) is 47.0 Å². The van der Waals surface area contributed by atoms with Gasteiger partial charge in [-0.05, 0) is 37.2 Å². The number of amides is 1. The van der Waals surface area contributed by atoms with Crippen LogP contribution in [0.1, 0.15) is 30.5 Å². The van der Waals surface area contributed by atoms with E-state index in [0.29, 0.717) is 23.9 Å². The number of carbonyl (C=O) groups is 1. The van der Waals surface area contributed by atoms with E-state index in [4.69, 9.17) is 5.73 Å². The van der Waals surface area contributed by atoms with Crippen molar-refractivity contribution in [2.24, 2.45) is 5.92 Å². The monoisotopic (exact) mass is 345 g/mol. The Hall–Kier alpha value is -1.92. The number of nitrogens with two attached hydrogens (primary N) is 1. The van der Waals surface area contributed by atoms with E-state index >= 15 is 0 Å². The predicted octanol–water partition coefficient (Wildman–Crippen LogP) is 2.16. The Morgan fingerprint density at radius 1 is 1.38 bits per heavy atom. The van der Waals surface area contributed by atoms with Crippen molar-refractivity contribution in [1.82, 2.24) is 10.3 Å². The fraction of sp³-hybridized carbons (Fsp3) is 0.444. The zero-order chi connectivity index (χ0) is 16.9. The van der Waals surface area contributed by atoms with Crippen LogP contribution in [0.4, 0.5) is 5.13 Å². The van der Waals surface area contributed by atoms with Gasteiger partial charge in [-0.2, -0.15) is 0 Å². The van der Waals surface area contributed by atoms with Crippen molar-refractivity contribution in [2.45, 2.75) is 44.2 Å². The molecule has 2 aromatic rings. The smallest absolute Gasteiger partial charge is 0.220 e. The van der Waals surface area contributed by atoms with Crippen LogP contribution in [0.25, 0.3) is 0 Å². The number of nitrogen functional groups attached to an aromatic ring is 1. The number of hydrogen-bond acceptors (Lipinski definition) is 5. The Morgan fingerprint density at radius 3 is 2.75 bits per heavy atom. The molecule has 3 rings (SSSR count). The Kier molecular flexibility index (Phi) is 5.48. The average molecular weight is 345 g/mol. The standard InChI is InChI=1S/C18H23N3O2S/c19-18-20-14(11-24-18)6-7-17(23)21-16(13-9-15(22)10-13)8-12-4-2-1-3-5-12/h1-5,11,13,15-16,22H,6-10H2,(H2,19,20)(H,21,23)/t13?,15?,16-/m0/s1. The van der Waals surface area contributed by atoms with Crippen LogP contribution < -0.4 is 11.1 Å². The van der Waals surface area contributed by atoms with Crippen LogP contribution in [0.5, 0.6) is 0 Å². The molecule has 0 aliphatic heterocycles.